The number of carbonyl (C=O) groups is 1. The molecule has 0 atom stereocenters. The first-order chi connectivity index (χ1) is 7.95. The zero-order valence-corrected chi connectivity index (χ0v) is 11.8. The van der Waals surface area contributed by atoms with Crippen molar-refractivity contribution >= 4 is 5.97 Å². The summed E-state index contributed by atoms with van der Waals surface area (Å²) in [6.45, 7) is 13.6. The van der Waals surface area contributed by atoms with Crippen molar-refractivity contribution < 1.29 is 9.53 Å². The Balaban J connectivity index is 2.68. The molecule has 0 spiro atoms. The highest BCUT2D eigenvalue weighted by Crippen LogP contribution is 2.18. The highest BCUT2D eigenvalue weighted by Gasteiger charge is 2.32. The minimum atomic E-state index is -0.0523. The van der Waals surface area contributed by atoms with E-state index < -0.39 is 0 Å². The standard InChI is InChI=1S/C13H26N2O2/c1-6-17-13(16)12-7-14(10(2)3)9-15(8-12)11(4)5/h10-12H,6-9H2,1-5H3. The van der Waals surface area contributed by atoms with E-state index in [-0.39, 0.29) is 11.9 Å². The number of hydrogen-bond donors (Lipinski definition) is 0. The van der Waals surface area contributed by atoms with Gasteiger partial charge in [0, 0.05) is 25.2 Å². The largest absolute Gasteiger partial charge is 0.466 e. The lowest BCUT2D eigenvalue weighted by molar-refractivity contribution is -0.152. The lowest BCUT2D eigenvalue weighted by atomic mass is 10.0. The summed E-state index contributed by atoms with van der Waals surface area (Å²) in [5.41, 5.74) is 0. The molecule has 0 aliphatic carbocycles. The molecule has 4 heteroatoms. The molecule has 0 aromatic carbocycles. The van der Waals surface area contributed by atoms with E-state index in [1.165, 1.54) is 0 Å². The summed E-state index contributed by atoms with van der Waals surface area (Å²) in [7, 11) is 0. The van der Waals surface area contributed by atoms with Crippen LogP contribution in [0.4, 0.5) is 0 Å². The Bertz CT molecular complexity index is 238. The zero-order valence-electron chi connectivity index (χ0n) is 11.8. The third-order valence-electron chi connectivity index (χ3n) is 3.35. The van der Waals surface area contributed by atoms with Crippen molar-refractivity contribution in [2.75, 3.05) is 26.4 Å². The van der Waals surface area contributed by atoms with Gasteiger partial charge in [0.05, 0.1) is 19.2 Å². The number of nitrogens with zero attached hydrogens (tertiary/aromatic N) is 2. The maximum atomic E-state index is 11.9. The molecule has 1 heterocycles. The fourth-order valence-corrected chi connectivity index (χ4v) is 2.13. The Morgan fingerprint density at radius 3 is 2.00 bits per heavy atom. The predicted octanol–water partition coefficient (Wildman–Crippen LogP) is 1.56. The molecule has 100 valence electrons. The van der Waals surface area contributed by atoms with Crippen LogP contribution in [0, 0.1) is 5.92 Å². The van der Waals surface area contributed by atoms with Crippen LogP contribution in [0.5, 0.6) is 0 Å². The maximum Gasteiger partial charge on any atom is 0.311 e. The first kappa shape index (κ1) is 14.5. The van der Waals surface area contributed by atoms with Crippen LogP contribution in [-0.2, 0) is 9.53 Å². The molecule has 0 saturated carbocycles. The molecule has 1 aliphatic heterocycles. The second-order valence-corrected chi connectivity index (χ2v) is 5.32. The quantitative estimate of drug-likeness (QED) is 0.700. The van der Waals surface area contributed by atoms with Crippen LogP contribution in [0.3, 0.4) is 0 Å². The van der Waals surface area contributed by atoms with Gasteiger partial charge in [-0.2, -0.15) is 0 Å². The van der Waals surface area contributed by atoms with Gasteiger partial charge in [0.15, 0.2) is 0 Å². The van der Waals surface area contributed by atoms with Crippen LogP contribution in [0.25, 0.3) is 0 Å². The monoisotopic (exact) mass is 242 g/mol. The van der Waals surface area contributed by atoms with Crippen molar-refractivity contribution in [2.24, 2.45) is 5.92 Å². The SMILES string of the molecule is CCOC(=O)C1CN(C(C)C)CN(C(C)C)C1. The predicted molar refractivity (Wildman–Crippen MR) is 68.7 cm³/mol. The summed E-state index contributed by atoms with van der Waals surface area (Å²) in [4.78, 5) is 16.5. The van der Waals surface area contributed by atoms with Crippen LogP contribution in [0.15, 0.2) is 0 Å². The molecule has 0 aromatic heterocycles. The number of hydrogen-bond acceptors (Lipinski definition) is 4. The molecule has 4 nitrogen and oxygen atoms in total. The van der Waals surface area contributed by atoms with E-state index in [0.717, 1.165) is 19.8 Å². The van der Waals surface area contributed by atoms with Crippen LogP contribution < -0.4 is 0 Å². The molecule has 17 heavy (non-hydrogen) atoms. The highest BCUT2D eigenvalue weighted by molar-refractivity contribution is 5.73. The fourth-order valence-electron chi connectivity index (χ4n) is 2.13. The molecule has 1 fully saturated rings. The molecule has 0 aromatic rings. The topological polar surface area (TPSA) is 32.8 Å². The van der Waals surface area contributed by atoms with Crippen molar-refractivity contribution in [1.82, 2.24) is 9.80 Å². The Kier molecular flexibility index (Phi) is 5.40. The van der Waals surface area contributed by atoms with Gasteiger partial charge in [-0.15, -0.1) is 0 Å². The van der Waals surface area contributed by atoms with Crippen molar-refractivity contribution in [3.8, 4) is 0 Å². The van der Waals surface area contributed by atoms with Gasteiger partial charge in [0.25, 0.3) is 0 Å². The van der Waals surface area contributed by atoms with E-state index in [1.54, 1.807) is 0 Å². The van der Waals surface area contributed by atoms with Gasteiger partial charge in [0.1, 0.15) is 0 Å². The lowest BCUT2D eigenvalue weighted by Gasteiger charge is -2.43. The van der Waals surface area contributed by atoms with E-state index in [1.807, 2.05) is 6.92 Å². The van der Waals surface area contributed by atoms with Gasteiger partial charge >= 0.3 is 5.97 Å². The van der Waals surface area contributed by atoms with Crippen LogP contribution in [0.1, 0.15) is 34.6 Å². The van der Waals surface area contributed by atoms with Crippen LogP contribution in [-0.4, -0.2) is 54.2 Å². The van der Waals surface area contributed by atoms with Crippen LogP contribution in [0.2, 0.25) is 0 Å². The molecular formula is C13H26N2O2. The second kappa shape index (κ2) is 6.36. The third-order valence-corrected chi connectivity index (χ3v) is 3.35. The zero-order chi connectivity index (χ0) is 13.0. The summed E-state index contributed by atoms with van der Waals surface area (Å²) in [5.74, 6) is -0.0583. The first-order valence-electron chi connectivity index (χ1n) is 6.60. The molecule has 0 amide bonds. The minimum absolute atomic E-state index is 0.00602. The first-order valence-corrected chi connectivity index (χ1v) is 6.60. The van der Waals surface area contributed by atoms with E-state index in [0.29, 0.717) is 18.7 Å². The van der Waals surface area contributed by atoms with E-state index in [9.17, 15) is 4.79 Å². The Morgan fingerprint density at radius 1 is 1.18 bits per heavy atom. The van der Waals surface area contributed by atoms with Crippen molar-refractivity contribution in [3.63, 3.8) is 0 Å². The third kappa shape index (κ3) is 3.96. The van der Waals surface area contributed by atoms with Gasteiger partial charge in [-0.25, -0.2) is 0 Å². The smallest absolute Gasteiger partial charge is 0.311 e. The van der Waals surface area contributed by atoms with E-state index in [2.05, 4.69) is 37.5 Å². The van der Waals surface area contributed by atoms with E-state index in [4.69, 9.17) is 4.74 Å². The molecule has 1 rings (SSSR count). The average Bonchev–Trinajstić information content (AvgIpc) is 2.28. The molecule has 1 aliphatic rings. The van der Waals surface area contributed by atoms with Gasteiger partial charge in [-0.1, -0.05) is 0 Å². The van der Waals surface area contributed by atoms with Crippen molar-refractivity contribution in [3.05, 3.63) is 0 Å². The Labute approximate surface area is 105 Å². The highest BCUT2D eigenvalue weighted by atomic mass is 16.5. The Hall–Kier alpha value is -0.610. The van der Waals surface area contributed by atoms with Gasteiger partial charge in [-0.3, -0.25) is 14.6 Å². The molecule has 1 saturated heterocycles. The number of ether oxygens (including phenoxy) is 1. The second-order valence-electron chi connectivity index (χ2n) is 5.32. The minimum Gasteiger partial charge on any atom is -0.466 e. The summed E-state index contributed by atoms with van der Waals surface area (Å²) in [6, 6.07) is 0.932. The molecular weight excluding hydrogens is 216 g/mol. The number of esters is 1. The van der Waals surface area contributed by atoms with Crippen molar-refractivity contribution in [1.29, 1.82) is 0 Å². The number of rotatable bonds is 4. The summed E-state index contributed by atoms with van der Waals surface area (Å²) >= 11 is 0. The van der Waals surface area contributed by atoms with E-state index >= 15 is 0 Å². The average molecular weight is 242 g/mol. The lowest BCUT2D eigenvalue weighted by Crippen LogP contribution is -2.55. The molecule has 0 N–H and O–H groups in total. The summed E-state index contributed by atoms with van der Waals surface area (Å²) in [6.07, 6.45) is 0. The molecule has 0 unspecified atom stereocenters. The normalized spacial score (nSPS) is 20.2. The summed E-state index contributed by atoms with van der Waals surface area (Å²) < 4.78 is 5.15. The fraction of sp³-hybridized carbons (Fsp3) is 0.923. The summed E-state index contributed by atoms with van der Waals surface area (Å²) in [5, 5.41) is 0. The maximum absolute atomic E-state index is 11.9. The van der Waals surface area contributed by atoms with Crippen molar-refractivity contribution in [2.45, 2.75) is 46.7 Å². The van der Waals surface area contributed by atoms with Crippen LogP contribution >= 0.6 is 0 Å². The van der Waals surface area contributed by atoms with Gasteiger partial charge in [0.2, 0.25) is 0 Å². The van der Waals surface area contributed by atoms with Gasteiger partial charge < -0.3 is 4.74 Å². The Morgan fingerprint density at radius 2 is 1.65 bits per heavy atom. The molecule has 0 bridgehead atoms. The molecule has 0 radical (unpaired) electrons. The van der Waals surface area contributed by atoms with Gasteiger partial charge in [-0.05, 0) is 34.6 Å². The number of carbonyl (C=O) groups excluding carboxylic acids is 1.